The summed E-state index contributed by atoms with van der Waals surface area (Å²) in [7, 11) is 0. The lowest BCUT2D eigenvalue weighted by molar-refractivity contribution is -0.201. The molecule has 2 aromatic rings. The number of hydrogen-bond donors (Lipinski definition) is 1. The molecule has 10 heteroatoms. The fraction of sp³-hybridized carbons (Fsp3) is 0.385. The Kier molecular flexibility index (Phi) is 9.35. The minimum Gasteiger partial charge on any atom is -0.386 e. The lowest BCUT2D eigenvalue weighted by Crippen LogP contribution is -2.34. The molecule has 0 radical (unpaired) electrons. The van der Waals surface area contributed by atoms with Crippen LogP contribution in [0.5, 0.6) is 0 Å². The second kappa shape index (κ2) is 12.4. The maximum absolute atomic E-state index is 12.9. The maximum Gasteiger partial charge on any atom is 0.491 e. The Morgan fingerprint density at radius 1 is 0.889 bits per heavy atom. The lowest BCUT2D eigenvalue weighted by Gasteiger charge is -2.22. The van der Waals surface area contributed by atoms with Gasteiger partial charge in [-0.3, -0.25) is 14.4 Å². The predicted molar refractivity (Wildman–Crippen MR) is 124 cm³/mol. The molecule has 3 rings (SSSR count). The average Bonchev–Trinajstić information content (AvgIpc) is 3.09. The van der Waals surface area contributed by atoms with E-state index in [1.165, 1.54) is 10.5 Å². The minimum absolute atomic E-state index is 0.0574. The van der Waals surface area contributed by atoms with Crippen molar-refractivity contribution in [2.45, 2.75) is 44.8 Å². The fourth-order valence-corrected chi connectivity index (χ4v) is 3.90. The van der Waals surface area contributed by atoms with Crippen LogP contribution in [0.25, 0.3) is 0 Å². The third-order valence-electron chi connectivity index (χ3n) is 5.83. The van der Waals surface area contributed by atoms with Gasteiger partial charge >= 0.3 is 18.1 Å². The van der Waals surface area contributed by atoms with E-state index in [2.05, 4.69) is 10.1 Å². The van der Waals surface area contributed by atoms with Crippen LogP contribution < -0.4 is 5.32 Å². The van der Waals surface area contributed by atoms with Crippen molar-refractivity contribution in [3.05, 3.63) is 70.8 Å². The number of ether oxygens (including phenoxy) is 1. The largest absolute Gasteiger partial charge is 0.491 e. The monoisotopic (exact) mass is 504 g/mol. The normalized spacial score (nSPS) is 13.3. The Hall–Kier alpha value is -3.53. The van der Waals surface area contributed by atoms with Gasteiger partial charge in [-0.25, -0.2) is 4.79 Å². The summed E-state index contributed by atoms with van der Waals surface area (Å²) in [6.07, 6.45) is -4.39. The predicted octanol–water partition coefficient (Wildman–Crippen LogP) is 3.39. The quantitative estimate of drug-likeness (QED) is 0.320. The Morgan fingerprint density at radius 2 is 1.58 bits per heavy atom. The van der Waals surface area contributed by atoms with Crippen molar-refractivity contribution in [1.82, 2.24) is 10.2 Å². The van der Waals surface area contributed by atoms with Gasteiger partial charge in [0.05, 0.1) is 6.42 Å². The molecule has 2 aromatic carbocycles. The number of halogens is 3. The van der Waals surface area contributed by atoms with Crippen molar-refractivity contribution >= 4 is 23.6 Å². The van der Waals surface area contributed by atoms with Crippen LogP contribution in [0.1, 0.15) is 46.3 Å². The number of ketones is 1. The number of carbonyl (C=O) groups excluding carboxylic acids is 4. The molecule has 192 valence electrons. The molecule has 36 heavy (non-hydrogen) atoms. The van der Waals surface area contributed by atoms with Crippen molar-refractivity contribution in [1.29, 1.82) is 0 Å². The van der Waals surface area contributed by atoms with Gasteiger partial charge in [0.2, 0.25) is 5.91 Å². The first-order chi connectivity index (χ1) is 17.1. The van der Waals surface area contributed by atoms with Crippen LogP contribution in [0.4, 0.5) is 13.2 Å². The van der Waals surface area contributed by atoms with E-state index in [0.29, 0.717) is 5.56 Å². The zero-order chi connectivity index (χ0) is 26.1. The molecule has 1 aliphatic heterocycles. The molecule has 1 heterocycles. The van der Waals surface area contributed by atoms with Gasteiger partial charge in [0.1, 0.15) is 0 Å². The van der Waals surface area contributed by atoms with Gasteiger partial charge in [-0.05, 0) is 48.7 Å². The summed E-state index contributed by atoms with van der Waals surface area (Å²) in [5.74, 6) is -4.63. The maximum atomic E-state index is 12.9. The molecular formula is C26H27F3N2O5. The molecule has 0 fully saturated rings. The van der Waals surface area contributed by atoms with E-state index in [9.17, 15) is 32.3 Å². The summed E-state index contributed by atoms with van der Waals surface area (Å²) in [6, 6.07) is 14.4. The summed E-state index contributed by atoms with van der Waals surface area (Å²) in [6.45, 7) is 1.52. The molecule has 0 saturated carbocycles. The fourth-order valence-electron chi connectivity index (χ4n) is 3.90. The number of nitrogens with one attached hydrogen (secondary N) is 1. The first kappa shape index (κ1) is 27.1. The van der Waals surface area contributed by atoms with E-state index in [4.69, 9.17) is 0 Å². The Balaban J connectivity index is 1.61. The molecule has 0 spiro atoms. The van der Waals surface area contributed by atoms with Crippen LogP contribution in [-0.4, -0.2) is 54.3 Å². The van der Waals surface area contributed by atoms with E-state index in [1.54, 1.807) is 36.4 Å². The summed E-state index contributed by atoms with van der Waals surface area (Å²) in [5, 5.41) is 3.31. The van der Waals surface area contributed by atoms with E-state index < -0.39 is 30.4 Å². The molecule has 0 unspecified atom stereocenters. The number of nitrogens with zero attached hydrogens (tertiary/aromatic N) is 1. The summed E-state index contributed by atoms with van der Waals surface area (Å²) in [5.41, 5.74) is 3.55. The zero-order valence-corrected chi connectivity index (χ0v) is 19.6. The van der Waals surface area contributed by atoms with Gasteiger partial charge in [0.25, 0.3) is 0 Å². The highest BCUT2D eigenvalue weighted by atomic mass is 19.4. The first-order valence-electron chi connectivity index (χ1n) is 11.6. The third kappa shape index (κ3) is 8.01. The SMILES string of the molecule is O=C(CCN(Cc1ccccc1)C(=O)CCC(=O)c1ccc2c(c1)CCNCC2)OC(=O)C(F)(F)F. The highest BCUT2D eigenvalue weighted by Crippen LogP contribution is 2.19. The van der Waals surface area contributed by atoms with Crippen molar-refractivity contribution < 1.29 is 37.1 Å². The topological polar surface area (TPSA) is 92.8 Å². The van der Waals surface area contributed by atoms with Crippen LogP contribution in [0, 0.1) is 0 Å². The second-order valence-corrected chi connectivity index (χ2v) is 8.47. The molecule has 1 N–H and O–H groups in total. The van der Waals surface area contributed by atoms with Crippen molar-refractivity contribution in [3.63, 3.8) is 0 Å². The van der Waals surface area contributed by atoms with Crippen molar-refractivity contribution in [2.24, 2.45) is 0 Å². The van der Waals surface area contributed by atoms with Gasteiger partial charge in [-0.2, -0.15) is 13.2 Å². The van der Waals surface area contributed by atoms with Crippen LogP contribution in [0.2, 0.25) is 0 Å². The number of Topliss-reactive ketones (excluding diaryl/α,β-unsaturated/α-hetero) is 1. The van der Waals surface area contributed by atoms with Gasteiger partial charge in [0.15, 0.2) is 5.78 Å². The minimum atomic E-state index is -5.29. The summed E-state index contributed by atoms with van der Waals surface area (Å²) >= 11 is 0. The Labute approximate surface area is 206 Å². The van der Waals surface area contributed by atoms with E-state index in [0.717, 1.165) is 37.1 Å². The van der Waals surface area contributed by atoms with E-state index in [-0.39, 0.29) is 31.7 Å². The van der Waals surface area contributed by atoms with Gasteiger partial charge in [0, 0.05) is 31.5 Å². The van der Waals surface area contributed by atoms with Crippen LogP contribution >= 0.6 is 0 Å². The highest BCUT2D eigenvalue weighted by Gasteiger charge is 2.42. The Bertz CT molecular complexity index is 1100. The summed E-state index contributed by atoms with van der Waals surface area (Å²) < 4.78 is 40.8. The number of alkyl halides is 3. The van der Waals surface area contributed by atoms with Crippen LogP contribution in [0.15, 0.2) is 48.5 Å². The molecule has 1 aliphatic rings. The molecule has 1 amide bonds. The molecule has 0 atom stereocenters. The van der Waals surface area contributed by atoms with Crippen LogP contribution in [-0.2, 0) is 38.5 Å². The number of amides is 1. The molecule has 0 saturated heterocycles. The molecule has 0 aliphatic carbocycles. The van der Waals surface area contributed by atoms with E-state index >= 15 is 0 Å². The first-order valence-corrected chi connectivity index (χ1v) is 11.6. The number of benzene rings is 2. The van der Waals surface area contributed by atoms with Gasteiger partial charge in [-0.15, -0.1) is 0 Å². The van der Waals surface area contributed by atoms with Crippen LogP contribution in [0.3, 0.4) is 0 Å². The highest BCUT2D eigenvalue weighted by molar-refractivity contribution is 5.98. The number of hydrogen-bond acceptors (Lipinski definition) is 6. The lowest BCUT2D eigenvalue weighted by atomic mass is 9.97. The van der Waals surface area contributed by atoms with Crippen molar-refractivity contribution in [3.8, 4) is 0 Å². The standard InChI is InChI=1S/C26H27F3N2O5/c27-26(28,29)25(35)36-24(34)12-15-31(17-18-4-2-1-3-5-18)23(33)9-8-22(32)21-7-6-19-10-13-30-14-11-20(19)16-21/h1-7,16,30H,8-15,17H2. The zero-order valence-electron chi connectivity index (χ0n) is 19.6. The molecular weight excluding hydrogens is 477 g/mol. The van der Waals surface area contributed by atoms with Crippen molar-refractivity contribution in [2.75, 3.05) is 19.6 Å². The number of rotatable bonds is 9. The Morgan fingerprint density at radius 3 is 2.28 bits per heavy atom. The van der Waals surface area contributed by atoms with Gasteiger partial charge < -0.3 is 15.0 Å². The molecule has 0 aromatic heterocycles. The molecule has 7 nitrogen and oxygen atoms in total. The average molecular weight is 505 g/mol. The van der Waals surface area contributed by atoms with E-state index in [1.807, 2.05) is 12.1 Å². The number of esters is 2. The van der Waals surface area contributed by atoms with Gasteiger partial charge in [-0.1, -0.05) is 42.5 Å². The molecule has 0 bridgehead atoms. The summed E-state index contributed by atoms with van der Waals surface area (Å²) in [4.78, 5) is 49.6. The smallest absolute Gasteiger partial charge is 0.386 e. The third-order valence-corrected chi connectivity index (χ3v) is 5.83. The second-order valence-electron chi connectivity index (χ2n) is 8.47. The number of carbonyl (C=O) groups is 4. The number of fused-ring (bicyclic) bond motifs is 1.